The third-order valence-electron chi connectivity index (χ3n) is 7.12. The highest BCUT2D eigenvalue weighted by Gasteiger charge is 2.59. The first-order valence-corrected chi connectivity index (χ1v) is 11.1. The Hall–Kier alpha value is -1.80. The van der Waals surface area contributed by atoms with Crippen LogP contribution in [0.25, 0.3) is 0 Å². The second-order valence-electron chi connectivity index (χ2n) is 9.40. The summed E-state index contributed by atoms with van der Waals surface area (Å²) in [7, 11) is 0. The van der Waals surface area contributed by atoms with Crippen LogP contribution in [-0.4, -0.2) is 48.1 Å². The Morgan fingerprint density at radius 2 is 1.81 bits per heavy atom. The van der Waals surface area contributed by atoms with Crippen LogP contribution in [0.3, 0.4) is 0 Å². The zero-order chi connectivity index (χ0) is 22.3. The van der Waals surface area contributed by atoms with Gasteiger partial charge in [-0.15, -0.1) is 0 Å². The van der Waals surface area contributed by atoms with Gasteiger partial charge in [0, 0.05) is 29.7 Å². The third-order valence-corrected chi connectivity index (χ3v) is 7.36. The van der Waals surface area contributed by atoms with Crippen LogP contribution < -0.4 is 10.6 Å². The number of rotatable bonds is 5. The number of likely N-dealkylation sites (tertiary alicyclic amines) is 1. The van der Waals surface area contributed by atoms with Gasteiger partial charge in [0.1, 0.15) is 5.54 Å². The third kappa shape index (κ3) is 4.70. The van der Waals surface area contributed by atoms with E-state index in [1.807, 2.05) is 4.90 Å². The molecule has 170 valence electrons. The standard InChI is InChI=1S/C22H27ClF3N3O2/c23-16-3-1-4-17(11-16)27-19(31)15-5-9-20(10-6-15)13-29(14-20)12-18(30)28-21(7-2-8-21)22(24,25)26/h1,3-4,11,15H,2,5-10,12-14H2,(H,27,31)(H,28,30). The van der Waals surface area contributed by atoms with Crippen LogP contribution in [0.5, 0.6) is 0 Å². The molecule has 1 saturated heterocycles. The predicted octanol–water partition coefficient (Wildman–Crippen LogP) is 4.37. The number of nitrogens with one attached hydrogen (secondary N) is 2. The molecule has 31 heavy (non-hydrogen) atoms. The maximum absolute atomic E-state index is 13.2. The lowest BCUT2D eigenvalue weighted by Gasteiger charge is -2.53. The molecule has 2 N–H and O–H groups in total. The van der Waals surface area contributed by atoms with Crippen molar-refractivity contribution in [1.29, 1.82) is 0 Å². The summed E-state index contributed by atoms with van der Waals surface area (Å²) in [5, 5.41) is 5.73. The molecule has 5 nitrogen and oxygen atoms in total. The van der Waals surface area contributed by atoms with Gasteiger partial charge in [-0.3, -0.25) is 14.5 Å². The Morgan fingerprint density at radius 1 is 1.13 bits per heavy atom. The number of hydrogen-bond acceptors (Lipinski definition) is 3. The minimum absolute atomic E-state index is 0.00172. The molecule has 9 heteroatoms. The highest BCUT2D eigenvalue weighted by atomic mass is 35.5. The highest BCUT2D eigenvalue weighted by molar-refractivity contribution is 6.30. The number of carbonyl (C=O) groups excluding carboxylic acids is 2. The summed E-state index contributed by atoms with van der Waals surface area (Å²) in [6.45, 7) is 1.39. The van der Waals surface area contributed by atoms with Crippen LogP contribution >= 0.6 is 11.6 Å². The number of halogens is 4. The average molecular weight is 458 g/mol. The topological polar surface area (TPSA) is 61.4 Å². The normalized spacial score (nSPS) is 23.0. The van der Waals surface area contributed by atoms with E-state index in [9.17, 15) is 22.8 Å². The molecule has 4 rings (SSSR count). The van der Waals surface area contributed by atoms with E-state index in [1.165, 1.54) is 0 Å². The maximum atomic E-state index is 13.2. The lowest BCUT2D eigenvalue weighted by Crippen LogP contribution is -2.66. The van der Waals surface area contributed by atoms with Crippen molar-refractivity contribution >= 4 is 29.1 Å². The Kier molecular flexibility index (Phi) is 5.98. The fourth-order valence-electron chi connectivity index (χ4n) is 5.15. The lowest BCUT2D eigenvalue weighted by atomic mass is 9.65. The summed E-state index contributed by atoms with van der Waals surface area (Å²) in [4.78, 5) is 26.6. The van der Waals surface area contributed by atoms with Gasteiger partial charge < -0.3 is 10.6 Å². The zero-order valence-corrected chi connectivity index (χ0v) is 18.0. The average Bonchev–Trinajstić information content (AvgIpc) is 2.63. The van der Waals surface area contributed by atoms with E-state index in [0.29, 0.717) is 30.2 Å². The van der Waals surface area contributed by atoms with Crippen molar-refractivity contribution in [3.8, 4) is 0 Å². The number of amides is 2. The number of hydrogen-bond donors (Lipinski definition) is 2. The molecular formula is C22H27ClF3N3O2. The Labute approximate surface area is 184 Å². The molecule has 1 aromatic carbocycles. The Balaban J connectivity index is 1.21. The van der Waals surface area contributed by atoms with Crippen LogP contribution in [0.2, 0.25) is 5.02 Å². The lowest BCUT2D eigenvalue weighted by molar-refractivity contribution is -0.219. The molecule has 0 bridgehead atoms. The summed E-state index contributed by atoms with van der Waals surface area (Å²) in [6.07, 6.45) is -0.695. The van der Waals surface area contributed by atoms with E-state index < -0.39 is 17.6 Å². The summed E-state index contributed by atoms with van der Waals surface area (Å²) in [5.41, 5.74) is -1.27. The molecule has 0 unspecified atom stereocenters. The molecule has 3 fully saturated rings. The summed E-state index contributed by atoms with van der Waals surface area (Å²) >= 11 is 5.96. The molecule has 0 atom stereocenters. The van der Waals surface area contributed by atoms with Gasteiger partial charge in [0.2, 0.25) is 11.8 Å². The minimum atomic E-state index is -4.40. The number of anilines is 1. The van der Waals surface area contributed by atoms with Gasteiger partial charge in [-0.2, -0.15) is 13.2 Å². The number of benzene rings is 1. The summed E-state index contributed by atoms with van der Waals surface area (Å²) in [5.74, 6) is -0.626. The van der Waals surface area contributed by atoms with E-state index in [2.05, 4.69) is 10.6 Å². The van der Waals surface area contributed by atoms with Crippen LogP contribution in [0.15, 0.2) is 24.3 Å². The number of carbonyl (C=O) groups is 2. The fourth-order valence-corrected chi connectivity index (χ4v) is 5.34. The van der Waals surface area contributed by atoms with E-state index in [4.69, 9.17) is 11.6 Å². The molecular weight excluding hydrogens is 431 g/mol. The van der Waals surface area contributed by atoms with Crippen molar-refractivity contribution in [1.82, 2.24) is 10.2 Å². The van der Waals surface area contributed by atoms with E-state index >= 15 is 0 Å². The van der Waals surface area contributed by atoms with Gasteiger partial charge in [-0.25, -0.2) is 0 Å². The van der Waals surface area contributed by atoms with Gasteiger partial charge in [0.25, 0.3) is 0 Å². The molecule has 1 spiro atoms. The van der Waals surface area contributed by atoms with Crippen molar-refractivity contribution in [2.24, 2.45) is 11.3 Å². The van der Waals surface area contributed by atoms with E-state index in [-0.39, 0.29) is 36.6 Å². The van der Waals surface area contributed by atoms with Crippen LogP contribution in [0, 0.1) is 11.3 Å². The van der Waals surface area contributed by atoms with Crippen molar-refractivity contribution in [3.63, 3.8) is 0 Å². The highest BCUT2D eigenvalue weighted by Crippen LogP contribution is 2.47. The SMILES string of the molecule is O=C(CN1CC2(CCC(C(=O)Nc3cccc(Cl)c3)CC2)C1)NC1(C(F)(F)F)CCC1. The zero-order valence-electron chi connectivity index (χ0n) is 17.2. The summed E-state index contributed by atoms with van der Waals surface area (Å²) < 4.78 is 39.7. The van der Waals surface area contributed by atoms with Gasteiger partial charge in [-0.1, -0.05) is 17.7 Å². The molecule has 1 aliphatic heterocycles. The first-order valence-electron chi connectivity index (χ1n) is 10.8. The molecule has 2 amide bonds. The first kappa shape index (κ1) is 22.4. The van der Waals surface area contributed by atoms with Crippen molar-refractivity contribution < 1.29 is 22.8 Å². The predicted molar refractivity (Wildman–Crippen MR) is 112 cm³/mol. The molecule has 2 aliphatic carbocycles. The Bertz CT molecular complexity index is 841. The molecule has 1 heterocycles. The maximum Gasteiger partial charge on any atom is 0.411 e. The van der Waals surface area contributed by atoms with Gasteiger partial charge >= 0.3 is 6.18 Å². The van der Waals surface area contributed by atoms with Crippen LogP contribution in [0.4, 0.5) is 18.9 Å². The van der Waals surface area contributed by atoms with Gasteiger partial charge in [0.15, 0.2) is 0 Å². The number of alkyl halides is 3. The minimum Gasteiger partial charge on any atom is -0.341 e. The van der Waals surface area contributed by atoms with E-state index in [1.54, 1.807) is 24.3 Å². The second-order valence-corrected chi connectivity index (χ2v) is 9.84. The number of nitrogens with zero attached hydrogens (tertiary/aromatic N) is 1. The molecule has 3 aliphatic rings. The smallest absolute Gasteiger partial charge is 0.341 e. The van der Waals surface area contributed by atoms with Gasteiger partial charge in [0.05, 0.1) is 6.54 Å². The second kappa shape index (κ2) is 8.28. The molecule has 0 aromatic heterocycles. The molecule has 0 radical (unpaired) electrons. The van der Waals surface area contributed by atoms with E-state index in [0.717, 1.165) is 25.7 Å². The summed E-state index contributed by atoms with van der Waals surface area (Å²) in [6, 6.07) is 7.05. The quantitative estimate of drug-likeness (QED) is 0.690. The van der Waals surface area contributed by atoms with Crippen LogP contribution in [-0.2, 0) is 9.59 Å². The van der Waals surface area contributed by atoms with Crippen molar-refractivity contribution in [2.45, 2.75) is 56.7 Å². The monoisotopic (exact) mass is 457 g/mol. The van der Waals surface area contributed by atoms with Crippen LogP contribution in [0.1, 0.15) is 44.9 Å². The largest absolute Gasteiger partial charge is 0.411 e. The Morgan fingerprint density at radius 3 is 2.35 bits per heavy atom. The molecule has 1 aromatic rings. The first-order chi connectivity index (χ1) is 14.6. The molecule has 2 saturated carbocycles. The van der Waals surface area contributed by atoms with Gasteiger partial charge in [-0.05, 0) is 68.6 Å². The van der Waals surface area contributed by atoms with Crippen molar-refractivity contribution in [2.75, 3.05) is 25.0 Å². The van der Waals surface area contributed by atoms with Crippen molar-refractivity contribution in [3.05, 3.63) is 29.3 Å². The fraction of sp³-hybridized carbons (Fsp3) is 0.636.